The molecule has 2 atom stereocenters. The number of fused-ring (bicyclic) bond motifs is 1. The van der Waals surface area contributed by atoms with E-state index in [1.807, 2.05) is 0 Å². The van der Waals surface area contributed by atoms with E-state index in [4.69, 9.17) is 4.74 Å². The summed E-state index contributed by atoms with van der Waals surface area (Å²) in [4.78, 5) is 11.3. The maximum Gasteiger partial charge on any atom is 0.407 e. The van der Waals surface area contributed by atoms with Gasteiger partial charge in [-0.25, -0.2) is 13.6 Å². The van der Waals surface area contributed by atoms with Gasteiger partial charge in [0.25, 0.3) is 0 Å². The largest absolute Gasteiger partial charge is 0.488 e. The lowest BCUT2D eigenvalue weighted by molar-refractivity contribution is 0.0637. The molecule has 1 amide bonds. The molecule has 1 unspecified atom stereocenters. The van der Waals surface area contributed by atoms with Crippen LogP contribution in [0, 0.1) is 11.6 Å². The van der Waals surface area contributed by atoms with Crippen LogP contribution in [-0.2, 0) is 4.74 Å². The van der Waals surface area contributed by atoms with Crippen LogP contribution in [0.3, 0.4) is 0 Å². The van der Waals surface area contributed by atoms with E-state index < -0.39 is 29.9 Å². The maximum absolute atomic E-state index is 13.4. The Kier molecular flexibility index (Phi) is 3.84. The number of halogens is 2. The van der Waals surface area contributed by atoms with Gasteiger partial charge < -0.3 is 19.9 Å². The van der Waals surface area contributed by atoms with Crippen molar-refractivity contribution in [1.82, 2.24) is 5.32 Å². The molecule has 0 saturated heterocycles. The summed E-state index contributed by atoms with van der Waals surface area (Å²) in [5.41, 5.74) is -0.0365. The standard InChI is InChI=1S/C12H13F2NO4/c1-2-18-12(17)15-9-5-19-11-7(10(9)16)3-6(13)4-8(11)14/h3-4,9-10,16H,2,5H2,1H3,(H,15,17)/t9-,10?/m0/s1. The van der Waals surface area contributed by atoms with Crippen molar-refractivity contribution in [2.75, 3.05) is 13.2 Å². The van der Waals surface area contributed by atoms with Crippen LogP contribution < -0.4 is 10.1 Å². The third-order valence-electron chi connectivity index (χ3n) is 2.72. The first-order valence-corrected chi connectivity index (χ1v) is 5.76. The van der Waals surface area contributed by atoms with Gasteiger partial charge in [-0.05, 0) is 13.0 Å². The highest BCUT2D eigenvalue weighted by atomic mass is 19.1. The lowest BCUT2D eigenvalue weighted by Gasteiger charge is -2.30. The number of carbonyl (C=O) groups excluding carboxylic acids is 1. The molecule has 0 aromatic heterocycles. The van der Waals surface area contributed by atoms with Gasteiger partial charge in [-0.1, -0.05) is 0 Å². The third kappa shape index (κ3) is 2.76. The Morgan fingerprint density at radius 1 is 1.58 bits per heavy atom. The maximum atomic E-state index is 13.4. The second kappa shape index (κ2) is 5.40. The highest BCUT2D eigenvalue weighted by Crippen LogP contribution is 2.35. The van der Waals surface area contributed by atoms with E-state index in [2.05, 4.69) is 10.1 Å². The molecule has 0 aliphatic carbocycles. The predicted molar refractivity (Wildman–Crippen MR) is 60.8 cm³/mol. The number of amides is 1. The SMILES string of the molecule is CCOC(=O)N[C@H]1COc2c(F)cc(F)cc2C1O. The van der Waals surface area contributed by atoms with E-state index in [1.165, 1.54) is 0 Å². The highest BCUT2D eigenvalue weighted by molar-refractivity contribution is 5.67. The normalized spacial score (nSPS) is 21.3. The molecule has 104 valence electrons. The lowest BCUT2D eigenvalue weighted by atomic mass is 9.99. The van der Waals surface area contributed by atoms with Gasteiger partial charge in [0.2, 0.25) is 0 Å². The van der Waals surface area contributed by atoms with Gasteiger partial charge in [-0.2, -0.15) is 0 Å². The minimum Gasteiger partial charge on any atom is -0.488 e. The summed E-state index contributed by atoms with van der Waals surface area (Å²) in [6.07, 6.45) is -1.99. The molecule has 2 rings (SSSR count). The van der Waals surface area contributed by atoms with Crippen LogP contribution >= 0.6 is 0 Å². The van der Waals surface area contributed by atoms with Crippen molar-refractivity contribution in [3.8, 4) is 5.75 Å². The van der Waals surface area contributed by atoms with Crippen molar-refractivity contribution in [3.05, 3.63) is 29.3 Å². The average molecular weight is 273 g/mol. The van der Waals surface area contributed by atoms with Crippen molar-refractivity contribution in [2.45, 2.75) is 19.1 Å². The molecule has 0 radical (unpaired) electrons. The number of ether oxygens (including phenoxy) is 2. The van der Waals surface area contributed by atoms with Crippen molar-refractivity contribution >= 4 is 6.09 Å². The number of carbonyl (C=O) groups is 1. The number of rotatable bonds is 2. The Hall–Kier alpha value is -1.89. The van der Waals surface area contributed by atoms with Gasteiger partial charge in [-0.3, -0.25) is 0 Å². The molecule has 1 aromatic rings. The molecule has 0 fully saturated rings. The molecule has 1 aliphatic heterocycles. The Morgan fingerprint density at radius 2 is 2.32 bits per heavy atom. The van der Waals surface area contributed by atoms with Crippen molar-refractivity contribution < 1.29 is 28.2 Å². The van der Waals surface area contributed by atoms with Crippen molar-refractivity contribution in [3.63, 3.8) is 0 Å². The molecule has 1 aromatic carbocycles. The van der Waals surface area contributed by atoms with E-state index >= 15 is 0 Å². The Balaban J connectivity index is 2.19. The number of hydrogen-bond acceptors (Lipinski definition) is 4. The van der Waals surface area contributed by atoms with E-state index in [0.717, 1.165) is 6.07 Å². The molecule has 1 aliphatic rings. The van der Waals surface area contributed by atoms with Crippen LogP contribution in [0.4, 0.5) is 13.6 Å². The minimum absolute atomic E-state index is 0.0365. The number of aliphatic hydroxyl groups is 1. The number of benzene rings is 1. The summed E-state index contributed by atoms with van der Waals surface area (Å²) in [5, 5.41) is 12.4. The molecule has 0 spiro atoms. The van der Waals surface area contributed by atoms with Crippen LogP contribution in [-0.4, -0.2) is 30.5 Å². The number of hydrogen-bond donors (Lipinski definition) is 2. The van der Waals surface area contributed by atoms with Gasteiger partial charge in [0.1, 0.15) is 18.5 Å². The number of nitrogens with one attached hydrogen (secondary N) is 1. The second-order valence-electron chi connectivity index (χ2n) is 4.03. The van der Waals surface area contributed by atoms with Gasteiger partial charge in [-0.15, -0.1) is 0 Å². The first-order chi connectivity index (χ1) is 9.02. The summed E-state index contributed by atoms with van der Waals surface area (Å²) in [6.45, 7) is 1.68. The van der Waals surface area contributed by atoms with Crippen LogP contribution in [0.2, 0.25) is 0 Å². The zero-order valence-corrected chi connectivity index (χ0v) is 10.2. The van der Waals surface area contributed by atoms with Crippen LogP contribution in [0.15, 0.2) is 12.1 Å². The molecular formula is C12H13F2NO4. The van der Waals surface area contributed by atoms with Gasteiger partial charge >= 0.3 is 6.09 Å². The highest BCUT2D eigenvalue weighted by Gasteiger charge is 2.33. The van der Waals surface area contributed by atoms with Crippen LogP contribution in [0.5, 0.6) is 5.75 Å². The molecule has 19 heavy (non-hydrogen) atoms. The Labute approximate surface area is 108 Å². The molecule has 0 bridgehead atoms. The van der Waals surface area contributed by atoms with Gasteiger partial charge in [0.05, 0.1) is 12.6 Å². The third-order valence-corrected chi connectivity index (χ3v) is 2.72. The molecule has 0 saturated carbocycles. The van der Waals surface area contributed by atoms with E-state index in [0.29, 0.717) is 6.07 Å². The topological polar surface area (TPSA) is 67.8 Å². The fourth-order valence-electron chi connectivity index (χ4n) is 1.88. The summed E-state index contributed by atoms with van der Waals surface area (Å²) in [5.74, 6) is -1.91. The predicted octanol–water partition coefficient (Wildman–Crippen LogP) is 1.51. The Morgan fingerprint density at radius 3 is 3.00 bits per heavy atom. The first-order valence-electron chi connectivity index (χ1n) is 5.76. The zero-order chi connectivity index (χ0) is 14.0. The summed E-state index contributed by atoms with van der Waals surface area (Å²) < 4.78 is 36.3. The monoisotopic (exact) mass is 273 g/mol. The zero-order valence-electron chi connectivity index (χ0n) is 10.2. The molecule has 5 nitrogen and oxygen atoms in total. The minimum atomic E-state index is -1.27. The molecule has 7 heteroatoms. The summed E-state index contributed by atoms with van der Waals surface area (Å²) >= 11 is 0. The van der Waals surface area contributed by atoms with Gasteiger partial charge in [0.15, 0.2) is 11.6 Å². The average Bonchev–Trinajstić information content (AvgIpc) is 2.33. The first kappa shape index (κ1) is 13.5. The van der Waals surface area contributed by atoms with Gasteiger partial charge in [0, 0.05) is 11.6 Å². The lowest BCUT2D eigenvalue weighted by Crippen LogP contribution is -2.46. The fourth-order valence-corrected chi connectivity index (χ4v) is 1.88. The fraction of sp³-hybridized carbons (Fsp3) is 0.417. The second-order valence-corrected chi connectivity index (χ2v) is 4.03. The number of aliphatic hydroxyl groups excluding tert-OH is 1. The smallest absolute Gasteiger partial charge is 0.407 e. The summed E-state index contributed by atoms with van der Waals surface area (Å²) in [6, 6.07) is 0.819. The van der Waals surface area contributed by atoms with Crippen LogP contribution in [0.25, 0.3) is 0 Å². The molecular weight excluding hydrogens is 260 g/mol. The van der Waals surface area contributed by atoms with Crippen molar-refractivity contribution in [1.29, 1.82) is 0 Å². The van der Waals surface area contributed by atoms with E-state index in [9.17, 15) is 18.7 Å². The quantitative estimate of drug-likeness (QED) is 0.857. The molecule has 1 heterocycles. The van der Waals surface area contributed by atoms with E-state index in [1.54, 1.807) is 6.92 Å². The molecule has 2 N–H and O–H groups in total. The Bertz CT molecular complexity index is 495. The van der Waals surface area contributed by atoms with Crippen molar-refractivity contribution in [2.24, 2.45) is 0 Å². The van der Waals surface area contributed by atoms with Crippen LogP contribution in [0.1, 0.15) is 18.6 Å². The number of alkyl carbamates (subject to hydrolysis) is 1. The summed E-state index contributed by atoms with van der Waals surface area (Å²) in [7, 11) is 0. The van der Waals surface area contributed by atoms with E-state index in [-0.39, 0.29) is 24.5 Å².